The molecule has 0 saturated carbocycles. The van der Waals surface area contributed by atoms with Crippen molar-refractivity contribution in [2.45, 2.75) is 5.41 Å². The van der Waals surface area contributed by atoms with Crippen molar-refractivity contribution in [1.82, 2.24) is 5.32 Å². The number of allylic oxidation sites excluding steroid dienone is 2. The molecular weight excluding hydrogens is 358 g/mol. The summed E-state index contributed by atoms with van der Waals surface area (Å²) in [5.41, 5.74) is 4.06. The van der Waals surface area contributed by atoms with E-state index < -0.39 is 11.3 Å². The first-order valence-electron chi connectivity index (χ1n) is 9.67. The van der Waals surface area contributed by atoms with Crippen LogP contribution in [0.25, 0.3) is 22.3 Å². The largest absolute Gasteiger partial charge is 0.295 e. The van der Waals surface area contributed by atoms with E-state index in [4.69, 9.17) is 0 Å². The van der Waals surface area contributed by atoms with Gasteiger partial charge in [-0.05, 0) is 33.9 Å². The fourth-order valence-corrected chi connectivity index (χ4v) is 4.41. The highest BCUT2D eigenvalue weighted by Gasteiger charge is 2.55. The summed E-state index contributed by atoms with van der Waals surface area (Å²) in [6.07, 6.45) is 7.36. The number of carbonyl (C=O) groups excluding carboxylic acids is 2. The third-order valence-electron chi connectivity index (χ3n) is 5.81. The lowest BCUT2D eigenvalue weighted by Gasteiger charge is -2.31. The van der Waals surface area contributed by atoms with E-state index in [1.165, 1.54) is 0 Å². The van der Waals surface area contributed by atoms with E-state index in [1.807, 2.05) is 78.9 Å². The molecule has 1 fully saturated rings. The third kappa shape index (κ3) is 2.66. The van der Waals surface area contributed by atoms with Gasteiger partial charge in [0.15, 0.2) is 0 Å². The van der Waals surface area contributed by atoms with E-state index in [0.717, 1.165) is 27.8 Å². The summed E-state index contributed by atoms with van der Waals surface area (Å²) in [5, 5.41) is 2.53. The topological polar surface area (TPSA) is 46.2 Å². The maximum absolute atomic E-state index is 13.0. The summed E-state index contributed by atoms with van der Waals surface area (Å²) < 4.78 is 0. The molecule has 0 bridgehead atoms. The minimum Gasteiger partial charge on any atom is -0.295 e. The Hall–Kier alpha value is -3.72. The van der Waals surface area contributed by atoms with E-state index in [0.29, 0.717) is 0 Å². The van der Waals surface area contributed by atoms with Crippen LogP contribution in [0.5, 0.6) is 0 Å². The van der Waals surface area contributed by atoms with Crippen molar-refractivity contribution in [1.29, 1.82) is 0 Å². The number of carbonyl (C=O) groups is 2. The first kappa shape index (κ1) is 17.4. The number of hydrogen-bond donors (Lipinski definition) is 1. The highest BCUT2D eigenvalue weighted by atomic mass is 16.2. The highest BCUT2D eigenvalue weighted by Crippen LogP contribution is 2.45. The average Bonchev–Trinajstić information content (AvgIpc) is 3.05. The number of hydrogen-bond acceptors (Lipinski definition) is 2. The number of fused-ring (bicyclic) bond motifs is 1. The Kier molecular flexibility index (Phi) is 4.02. The molecule has 5 rings (SSSR count). The van der Waals surface area contributed by atoms with Crippen LogP contribution in [0.15, 0.2) is 103 Å². The fourth-order valence-electron chi connectivity index (χ4n) is 4.41. The molecule has 0 spiro atoms. The first-order chi connectivity index (χ1) is 14.2. The van der Waals surface area contributed by atoms with E-state index >= 15 is 0 Å². The Labute approximate surface area is 169 Å². The Morgan fingerprint density at radius 1 is 0.724 bits per heavy atom. The lowest BCUT2D eigenvalue weighted by Crippen LogP contribution is -2.38. The minimum absolute atomic E-state index is 0.247. The second-order valence-corrected chi connectivity index (χ2v) is 7.40. The summed E-state index contributed by atoms with van der Waals surface area (Å²) >= 11 is 0. The van der Waals surface area contributed by atoms with E-state index in [-0.39, 0.29) is 11.8 Å². The van der Waals surface area contributed by atoms with Gasteiger partial charge in [0.1, 0.15) is 5.41 Å². The summed E-state index contributed by atoms with van der Waals surface area (Å²) in [7, 11) is 0. The fraction of sp³-hybridized carbons (Fsp3) is 0.0769. The molecular formula is C26H19NO2. The van der Waals surface area contributed by atoms with Crippen molar-refractivity contribution in [2.24, 2.45) is 5.92 Å². The maximum Gasteiger partial charge on any atom is 0.242 e. The van der Waals surface area contributed by atoms with Gasteiger partial charge in [0.2, 0.25) is 11.8 Å². The second kappa shape index (κ2) is 6.71. The molecule has 3 heteroatoms. The zero-order valence-electron chi connectivity index (χ0n) is 15.7. The van der Waals surface area contributed by atoms with Gasteiger partial charge in [0.05, 0.1) is 5.92 Å². The molecule has 140 valence electrons. The van der Waals surface area contributed by atoms with Crippen LogP contribution >= 0.6 is 0 Å². The number of benzene rings is 3. The highest BCUT2D eigenvalue weighted by molar-refractivity contribution is 6.13. The van der Waals surface area contributed by atoms with Gasteiger partial charge in [-0.2, -0.15) is 0 Å². The van der Waals surface area contributed by atoms with Crippen molar-refractivity contribution < 1.29 is 9.59 Å². The first-order valence-corrected chi connectivity index (χ1v) is 9.67. The molecule has 0 aromatic heterocycles. The van der Waals surface area contributed by atoms with Crippen LogP contribution < -0.4 is 5.32 Å². The maximum atomic E-state index is 13.0. The van der Waals surface area contributed by atoms with Crippen LogP contribution in [0.3, 0.4) is 0 Å². The summed E-state index contributed by atoms with van der Waals surface area (Å²) in [5.74, 6) is -1.04. The van der Waals surface area contributed by atoms with Gasteiger partial charge in [-0.3, -0.25) is 14.9 Å². The Morgan fingerprint density at radius 2 is 1.45 bits per heavy atom. The molecule has 0 radical (unpaired) electrons. The van der Waals surface area contributed by atoms with Crippen LogP contribution in [0.2, 0.25) is 0 Å². The third-order valence-corrected chi connectivity index (χ3v) is 5.81. The molecule has 2 amide bonds. The number of rotatable bonds is 3. The predicted molar refractivity (Wildman–Crippen MR) is 114 cm³/mol. The van der Waals surface area contributed by atoms with E-state index in [2.05, 4.69) is 29.6 Å². The summed E-state index contributed by atoms with van der Waals surface area (Å²) in [4.78, 5) is 25.5. The Bertz CT molecular complexity index is 1180. The molecule has 3 nitrogen and oxygen atoms in total. The van der Waals surface area contributed by atoms with E-state index in [9.17, 15) is 9.59 Å². The zero-order valence-corrected chi connectivity index (χ0v) is 15.7. The SMILES string of the molecule is O=C1NC(=O)C2(c3ccccc3-c3cccc(-c4ccccc4)c3)C=CC=CC12. The molecule has 2 aliphatic rings. The van der Waals surface area contributed by atoms with Crippen molar-refractivity contribution in [3.63, 3.8) is 0 Å². The number of amides is 2. The molecule has 1 aliphatic heterocycles. The lowest BCUT2D eigenvalue weighted by atomic mass is 9.67. The van der Waals surface area contributed by atoms with E-state index in [1.54, 1.807) is 0 Å². The van der Waals surface area contributed by atoms with Crippen LogP contribution in [-0.4, -0.2) is 11.8 Å². The predicted octanol–water partition coefficient (Wildman–Crippen LogP) is 4.66. The van der Waals surface area contributed by atoms with Crippen molar-refractivity contribution in [3.8, 4) is 22.3 Å². The van der Waals surface area contributed by atoms with Gasteiger partial charge < -0.3 is 0 Å². The average molecular weight is 377 g/mol. The van der Waals surface area contributed by atoms with Gasteiger partial charge in [-0.25, -0.2) is 0 Å². The summed E-state index contributed by atoms with van der Waals surface area (Å²) in [6.45, 7) is 0. The Morgan fingerprint density at radius 3 is 2.31 bits per heavy atom. The van der Waals surface area contributed by atoms with Crippen LogP contribution in [0.4, 0.5) is 0 Å². The smallest absolute Gasteiger partial charge is 0.242 e. The molecule has 1 N–H and O–H groups in total. The Balaban J connectivity index is 1.69. The van der Waals surface area contributed by atoms with Crippen LogP contribution in [0.1, 0.15) is 5.56 Å². The zero-order chi connectivity index (χ0) is 19.8. The van der Waals surface area contributed by atoms with Gasteiger partial charge in [0.25, 0.3) is 0 Å². The van der Waals surface area contributed by atoms with Gasteiger partial charge in [-0.15, -0.1) is 0 Å². The standard InChI is InChI=1S/C26H19NO2/c28-24-23-15-6-7-16-26(23,25(29)27-24)22-14-5-4-13-21(22)20-12-8-11-19(17-20)18-9-2-1-3-10-18/h1-17,23H,(H,27,28,29). The molecule has 2 atom stereocenters. The molecule has 3 aromatic rings. The van der Waals surface area contributed by atoms with Gasteiger partial charge >= 0.3 is 0 Å². The molecule has 29 heavy (non-hydrogen) atoms. The molecule has 1 saturated heterocycles. The van der Waals surface area contributed by atoms with Gasteiger partial charge in [0, 0.05) is 0 Å². The molecule has 3 aromatic carbocycles. The number of imide groups is 1. The van der Waals surface area contributed by atoms with Crippen molar-refractivity contribution in [2.75, 3.05) is 0 Å². The molecule has 1 aliphatic carbocycles. The number of nitrogens with one attached hydrogen (secondary N) is 1. The normalized spacial score (nSPS) is 22.4. The summed E-state index contributed by atoms with van der Waals surface area (Å²) in [6, 6.07) is 26.4. The minimum atomic E-state index is -1.01. The quantitative estimate of drug-likeness (QED) is 0.675. The van der Waals surface area contributed by atoms with Gasteiger partial charge in [-0.1, -0.05) is 97.1 Å². The van der Waals surface area contributed by atoms with Crippen LogP contribution in [-0.2, 0) is 15.0 Å². The van der Waals surface area contributed by atoms with Crippen molar-refractivity contribution in [3.05, 3.63) is 109 Å². The second-order valence-electron chi connectivity index (χ2n) is 7.40. The molecule has 1 heterocycles. The van der Waals surface area contributed by atoms with Crippen molar-refractivity contribution >= 4 is 11.8 Å². The molecule has 2 unspecified atom stereocenters. The lowest BCUT2D eigenvalue weighted by molar-refractivity contribution is -0.126. The van der Waals surface area contributed by atoms with Crippen LogP contribution in [0, 0.1) is 5.92 Å². The monoisotopic (exact) mass is 377 g/mol.